The van der Waals surface area contributed by atoms with Crippen LogP contribution in [0.25, 0.3) is 0 Å². The second kappa shape index (κ2) is 8.35. The molecule has 9 heteroatoms. The molecule has 1 aromatic carbocycles. The maximum atomic E-state index is 12.9. The van der Waals surface area contributed by atoms with Crippen LogP contribution < -0.4 is 0 Å². The highest BCUT2D eigenvalue weighted by Gasteiger charge is 2.43. The van der Waals surface area contributed by atoms with Crippen LogP contribution in [0.3, 0.4) is 0 Å². The van der Waals surface area contributed by atoms with E-state index in [-0.39, 0.29) is 28.5 Å². The summed E-state index contributed by atoms with van der Waals surface area (Å²) in [6.07, 6.45) is 4.11. The molecule has 0 radical (unpaired) electrons. The number of amides is 2. The van der Waals surface area contributed by atoms with Crippen molar-refractivity contribution in [1.29, 1.82) is 0 Å². The molecule has 4 rings (SSSR count). The number of sulfone groups is 1. The lowest BCUT2D eigenvalue weighted by molar-refractivity contribution is -0.130. The fraction of sp³-hybridized carbons (Fsp3) is 0.522. The lowest BCUT2D eigenvalue weighted by Gasteiger charge is -2.39. The second-order valence-corrected chi connectivity index (χ2v) is 11.2. The predicted molar refractivity (Wildman–Crippen MR) is 118 cm³/mol. The molecule has 0 N–H and O–H groups in total. The SMILES string of the molecule is Cc1noc(C)c1C(=O)N1CCC2(CCN(C(=O)Cc3ccc(S(C)(=O)=O)cc3)C2)CC1. The minimum atomic E-state index is -3.24. The lowest BCUT2D eigenvalue weighted by Crippen LogP contribution is -2.45. The zero-order valence-corrected chi connectivity index (χ0v) is 19.6. The van der Waals surface area contributed by atoms with E-state index < -0.39 is 9.84 Å². The van der Waals surface area contributed by atoms with E-state index in [1.165, 1.54) is 6.26 Å². The van der Waals surface area contributed by atoms with Crippen LogP contribution in [0.15, 0.2) is 33.7 Å². The number of rotatable bonds is 4. The topological polar surface area (TPSA) is 101 Å². The number of hydrogen-bond donors (Lipinski definition) is 0. The van der Waals surface area contributed by atoms with Crippen molar-refractivity contribution in [3.05, 3.63) is 46.8 Å². The summed E-state index contributed by atoms with van der Waals surface area (Å²) in [5.74, 6) is 0.581. The molecule has 2 aromatic rings. The van der Waals surface area contributed by atoms with Crippen molar-refractivity contribution >= 4 is 21.7 Å². The van der Waals surface area contributed by atoms with Gasteiger partial charge in [-0.1, -0.05) is 17.3 Å². The van der Waals surface area contributed by atoms with Crippen molar-refractivity contribution in [3.63, 3.8) is 0 Å². The highest BCUT2D eigenvalue weighted by molar-refractivity contribution is 7.90. The van der Waals surface area contributed by atoms with Crippen LogP contribution in [-0.2, 0) is 21.1 Å². The molecule has 2 aliphatic heterocycles. The first-order valence-corrected chi connectivity index (χ1v) is 12.8. The number of likely N-dealkylation sites (tertiary alicyclic amines) is 2. The maximum absolute atomic E-state index is 12.9. The van der Waals surface area contributed by atoms with Crippen molar-refractivity contribution in [2.45, 2.75) is 44.4 Å². The normalized spacial score (nSPS) is 18.3. The molecule has 0 saturated carbocycles. The molecule has 0 unspecified atom stereocenters. The Balaban J connectivity index is 1.33. The number of piperidine rings is 1. The fourth-order valence-electron chi connectivity index (χ4n) is 4.83. The van der Waals surface area contributed by atoms with E-state index in [0.29, 0.717) is 36.7 Å². The number of aromatic nitrogens is 1. The standard InChI is InChI=1S/C23H29N3O5S/c1-16-21(17(2)31-24-16)22(28)25-11-8-23(9-12-25)10-13-26(15-23)20(27)14-18-4-6-19(7-5-18)32(3,29)30/h4-7H,8-15H2,1-3H3. The van der Waals surface area contributed by atoms with E-state index in [4.69, 9.17) is 4.52 Å². The first kappa shape index (κ1) is 22.5. The summed E-state index contributed by atoms with van der Waals surface area (Å²) in [6, 6.07) is 6.52. The van der Waals surface area contributed by atoms with Gasteiger partial charge in [-0.15, -0.1) is 0 Å². The van der Waals surface area contributed by atoms with Gasteiger partial charge in [-0.2, -0.15) is 0 Å². The van der Waals surface area contributed by atoms with Crippen LogP contribution in [0, 0.1) is 19.3 Å². The summed E-state index contributed by atoms with van der Waals surface area (Å²) in [7, 11) is -3.24. The summed E-state index contributed by atoms with van der Waals surface area (Å²) < 4.78 is 28.4. The molecule has 2 amide bonds. The number of aryl methyl sites for hydroxylation is 2. The third-order valence-electron chi connectivity index (χ3n) is 6.86. The Morgan fingerprint density at radius 1 is 1.03 bits per heavy atom. The summed E-state index contributed by atoms with van der Waals surface area (Å²) in [5, 5.41) is 3.89. The first-order chi connectivity index (χ1) is 15.1. The first-order valence-electron chi connectivity index (χ1n) is 10.9. The van der Waals surface area contributed by atoms with Crippen LogP contribution in [0.5, 0.6) is 0 Å². The van der Waals surface area contributed by atoms with Crippen LogP contribution in [0.4, 0.5) is 0 Å². The van der Waals surface area contributed by atoms with Crippen LogP contribution in [-0.4, -0.2) is 67.6 Å². The Morgan fingerprint density at radius 2 is 1.62 bits per heavy atom. The third kappa shape index (κ3) is 4.44. The Bertz CT molecular complexity index is 1110. The molecule has 2 fully saturated rings. The van der Waals surface area contributed by atoms with Gasteiger partial charge in [-0.3, -0.25) is 9.59 Å². The minimum Gasteiger partial charge on any atom is -0.361 e. The van der Waals surface area contributed by atoms with Crippen molar-refractivity contribution in [1.82, 2.24) is 15.0 Å². The van der Waals surface area contributed by atoms with Gasteiger partial charge in [-0.05, 0) is 56.2 Å². The molecule has 1 spiro atoms. The number of benzene rings is 1. The molecule has 172 valence electrons. The van der Waals surface area contributed by atoms with Gasteiger partial charge < -0.3 is 14.3 Å². The molecule has 8 nitrogen and oxygen atoms in total. The molecular formula is C23H29N3O5S. The van der Waals surface area contributed by atoms with E-state index >= 15 is 0 Å². The molecular weight excluding hydrogens is 430 g/mol. The third-order valence-corrected chi connectivity index (χ3v) is 7.98. The Kier molecular flexibility index (Phi) is 5.87. The van der Waals surface area contributed by atoms with E-state index in [0.717, 1.165) is 31.4 Å². The Labute approximate surface area is 188 Å². The molecule has 0 bridgehead atoms. The van der Waals surface area contributed by atoms with Crippen molar-refractivity contribution in [2.75, 3.05) is 32.4 Å². The molecule has 0 aliphatic carbocycles. The van der Waals surface area contributed by atoms with Crippen LogP contribution in [0.1, 0.15) is 46.6 Å². The minimum absolute atomic E-state index is 0.0282. The fourth-order valence-corrected chi connectivity index (χ4v) is 5.46. The van der Waals surface area contributed by atoms with Crippen molar-refractivity contribution < 1.29 is 22.5 Å². The molecule has 2 saturated heterocycles. The smallest absolute Gasteiger partial charge is 0.259 e. The number of hydrogen-bond acceptors (Lipinski definition) is 6. The van der Waals surface area contributed by atoms with Crippen LogP contribution >= 0.6 is 0 Å². The molecule has 1 aromatic heterocycles. The zero-order chi connectivity index (χ0) is 23.1. The molecule has 0 atom stereocenters. The van der Waals surface area contributed by atoms with Gasteiger partial charge in [0.15, 0.2) is 9.84 Å². The summed E-state index contributed by atoms with van der Waals surface area (Å²) in [5.41, 5.74) is 2.05. The Morgan fingerprint density at radius 3 is 2.16 bits per heavy atom. The lowest BCUT2D eigenvalue weighted by atomic mass is 9.77. The summed E-state index contributed by atoms with van der Waals surface area (Å²) >= 11 is 0. The van der Waals surface area contributed by atoms with E-state index in [9.17, 15) is 18.0 Å². The van der Waals surface area contributed by atoms with Crippen molar-refractivity contribution in [3.8, 4) is 0 Å². The van der Waals surface area contributed by atoms with E-state index in [1.807, 2.05) is 9.80 Å². The Hall–Kier alpha value is -2.68. The second-order valence-electron chi connectivity index (χ2n) is 9.15. The average Bonchev–Trinajstić information content (AvgIpc) is 3.31. The quantitative estimate of drug-likeness (QED) is 0.696. The maximum Gasteiger partial charge on any atom is 0.259 e. The predicted octanol–water partition coefficient (Wildman–Crippen LogP) is 2.39. The summed E-state index contributed by atoms with van der Waals surface area (Å²) in [6.45, 7) is 6.30. The van der Waals surface area contributed by atoms with Gasteiger partial charge in [0.25, 0.3) is 5.91 Å². The number of nitrogens with zero attached hydrogens (tertiary/aromatic N) is 3. The van der Waals surface area contributed by atoms with E-state index in [2.05, 4.69) is 5.16 Å². The highest BCUT2D eigenvalue weighted by atomic mass is 32.2. The highest BCUT2D eigenvalue weighted by Crippen LogP contribution is 2.41. The largest absolute Gasteiger partial charge is 0.361 e. The van der Waals surface area contributed by atoms with Gasteiger partial charge in [0.2, 0.25) is 5.91 Å². The van der Waals surface area contributed by atoms with Gasteiger partial charge in [0.05, 0.1) is 17.0 Å². The number of carbonyl (C=O) groups is 2. The van der Waals surface area contributed by atoms with Gasteiger partial charge >= 0.3 is 0 Å². The molecule has 3 heterocycles. The van der Waals surface area contributed by atoms with Gasteiger partial charge in [0.1, 0.15) is 11.3 Å². The van der Waals surface area contributed by atoms with E-state index in [1.54, 1.807) is 38.1 Å². The zero-order valence-electron chi connectivity index (χ0n) is 18.8. The molecule has 2 aliphatic rings. The number of carbonyl (C=O) groups excluding carboxylic acids is 2. The van der Waals surface area contributed by atoms with Crippen LogP contribution in [0.2, 0.25) is 0 Å². The molecule has 32 heavy (non-hydrogen) atoms. The summed E-state index contributed by atoms with van der Waals surface area (Å²) in [4.78, 5) is 29.8. The van der Waals surface area contributed by atoms with Gasteiger partial charge in [-0.25, -0.2) is 8.42 Å². The van der Waals surface area contributed by atoms with Gasteiger partial charge in [0, 0.05) is 32.4 Å². The monoisotopic (exact) mass is 459 g/mol. The average molecular weight is 460 g/mol. The van der Waals surface area contributed by atoms with Crippen molar-refractivity contribution in [2.24, 2.45) is 5.41 Å².